The number of amides is 1. The van der Waals surface area contributed by atoms with Crippen molar-refractivity contribution in [3.05, 3.63) is 47.5 Å². The lowest BCUT2D eigenvalue weighted by Crippen LogP contribution is -2.13. The highest BCUT2D eigenvalue weighted by Crippen LogP contribution is 2.29. The van der Waals surface area contributed by atoms with E-state index in [1.165, 1.54) is 18.2 Å². The predicted octanol–water partition coefficient (Wildman–Crippen LogP) is 2.24. The molecule has 98 valence electrons. The molecule has 5 nitrogen and oxygen atoms in total. The van der Waals surface area contributed by atoms with Crippen LogP contribution in [0.1, 0.15) is 15.9 Å². The van der Waals surface area contributed by atoms with E-state index in [0.29, 0.717) is 11.4 Å². The van der Waals surface area contributed by atoms with Crippen LogP contribution in [0, 0.1) is 6.92 Å². The summed E-state index contributed by atoms with van der Waals surface area (Å²) in [5, 5.41) is 21.6. The summed E-state index contributed by atoms with van der Waals surface area (Å²) in [5.74, 6) is -1.29. The Kier molecular flexibility index (Phi) is 3.29. The fraction of sp³-hybridized carbons (Fsp3) is 0.0714. The average molecular weight is 258 g/mol. The number of benzene rings is 2. The fourth-order valence-electron chi connectivity index (χ4n) is 1.69. The summed E-state index contributed by atoms with van der Waals surface area (Å²) in [4.78, 5) is 12.0. The van der Waals surface area contributed by atoms with Crippen molar-refractivity contribution in [1.29, 1.82) is 0 Å². The molecule has 0 radical (unpaired) electrons. The van der Waals surface area contributed by atoms with Crippen LogP contribution >= 0.6 is 0 Å². The average Bonchev–Trinajstić information content (AvgIpc) is 2.38. The molecule has 0 aliphatic carbocycles. The van der Waals surface area contributed by atoms with Gasteiger partial charge in [-0.3, -0.25) is 4.79 Å². The van der Waals surface area contributed by atoms with Crippen LogP contribution in [-0.2, 0) is 0 Å². The molecule has 0 spiro atoms. The number of nitrogens with two attached hydrogens (primary N) is 1. The number of rotatable bonds is 2. The molecule has 5 heteroatoms. The van der Waals surface area contributed by atoms with Crippen molar-refractivity contribution in [3.8, 4) is 11.5 Å². The Labute approximate surface area is 110 Å². The van der Waals surface area contributed by atoms with Gasteiger partial charge in [0.25, 0.3) is 5.91 Å². The third-order valence-electron chi connectivity index (χ3n) is 2.88. The van der Waals surface area contributed by atoms with Crippen molar-refractivity contribution in [2.75, 3.05) is 11.1 Å². The molecule has 2 rings (SSSR count). The Hall–Kier alpha value is -2.69. The lowest BCUT2D eigenvalue weighted by Gasteiger charge is -2.11. The van der Waals surface area contributed by atoms with Gasteiger partial charge in [-0.1, -0.05) is 12.1 Å². The molecule has 5 N–H and O–H groups in total. The molecule has 1 amide bonds. The second kappa shape index (κ2) is 4.89. The highest BCUT2D eigenvalue weighted by molar-refractivity contribution is 6.07. The third-order valence-corrected chi connectivity index (χ3v) is 2.88. The van der Waals surface area contributed by atoms with Gasteiger partial charge in [0.1, 0.15) is 0 Å². The van der Waals surface area contributed by atoms with E-state index < -0.39 is 11.7 Å². The first-order chi connectivity index (χ1) is 9.00. The summed E-state index contributed by atoms with van der Waals surface area (Å²) in [6, 6.07) is 9.38. The van der Waals surface area contributed by atoms with E-state index >= 15 is 0 Å². The molecule has 0 heterocycles. The van der Waals surface area contributed by atoms with Crippen molar-refractivity contribution in [3.63, 3.8) is 0 Å². The van der Waals surface area contributed by atoms with Gasteiger partial charge in [0.05, 0.1) is 5.56 Å². The highest BCUT2D eigenvalue weighted by Gasteiger charge is 2.15. The Balaban J connectivity index is 2.31. The predicted molar refractivity (Wildman–Crippen MR) is 73.3 cm³/mol. The van der Waals surface area contributed by atoms with E-state index in [9.17, 15) is 15.0 Å². The summed E-state index contributed by atoms with van der Waals surface area (Å²) >= 11 is 0. The number of para-hydroxylation sites is 1. The van der Waals surface area contributed by atoms with E-state index in [2.05, 4.69) is 5.32 Å². The van der Waals surface area contributed by atoms with Crippen molar-refractivity contribution in [1.82, 2.24) is 0 Å². The van der Waals surface area contributed by atoms with E-state index in [1.807, 2.05) is 0 Å². The van der Waals surface area contributed by atoms with Gasteiger partial charge in [0.2, 0.25) is 0 Å². The van der Waals surface area contributed by atoms with Gasteiger partial charge in [-0.2, -0.15) is 0 Å². The number of aromatic hydroxyl groups is 2. The number of nitrogen functional groups attached to an aromatic ring is 1. The number of hydrogen-bond acceptors (Lipinski definition) is 4. The second-order valence-electron chi connectivity index (χ2n) is 4.15. The van der Waals surface area contributed by atoms with Crippen LogP contribution < -0.4 is 11.1 Å². The largest absolute Gasteiger partial charge is 0.504 e. The van der Waals surface area contributed by atoms with Crippen LogP contribution in [0.2, 0.25) is 0 Å². The van der Waals surface area contributed by atoms with Crippen LogP contribution in [0.5, 0.6) is 11.5 Å². The molecule has 0 aliphatic heterocycles. The van der Waals surface area contributed by atoms with E-state index in [1.54, 1.807) is 25.1 Å². The minimum atomic E-state index is -0.512. The minimum absolute atomic E-state index is 0.00169. The summed E-state index contributed by atoms with van der Waals surface area (Å²) in [5.41, 5.74) is 7.63. The van der Waals surface area contributed by atoms with Crippen LogP contribution in [0.3, 0.4) is 0 Å². The summed E-state index contributed by atoms with van der Waals surface area (Å²) in [6.07, 6.45) is 0. The number of carbonyl (C=O) groups excluding carboxylic acids is 1. The molecule has 2 aromatic rings. The molecular formula is C14H14N2O3. The number of hydrogen-bond donors (Lipinski definition) is 4. The van der Waals surface area contributed by atoms with Crippen molar-refractivity contribution in [2.24, 2.45) is 0 Å². The maximum Gasteiger partial charge on any atom is 0.259 e. The van der Waals surface area contributed by atoms with Crippen molar-refractivity contribution < 1.29 is 15.0 Å². The lowest BCUT2D eigenvalue weighted by molar-refractivity contribution is 0.102. The molecule has 0 aliphatic rings. The monoisotopic (exact) mass is 258 g/mol. The van der Waals surface area contributed by atoms with Crippen LogP contribution in [0.15, 0.2) is 36.4 Å². The van der Waals surface area contributed by atoms with E-state index in [-0.39, 0.29) is 11.3 Å². The molecule has 0 aromatic heterocycles. The topological polar surface area (TPSA) is 95.6 Å². The molecule has 0 saturated heterocycles. The normalized spacial score (nSPS) is 10.2. The zero-order valence-electron chi connectivity index (χ0n) is 10.3. The first kappa shape index (κ1) is 12.8. The number of carbonyl (C=O) groups is 1. The van der Waals surface area contributed by atoms with Gasteiger partial charge < -0.3 is 21.3 Å². The van der Waals surface area contributed by atoms with Gasteiger partial charge in [0, 0.05) is 11.4 Å². The van der Waals surface area contributed by atoms with Gasteiger partial charge in [-0.25, -0.2) is 0 Å². The number of phenols is 2. The molecule has 0 atom stereocenters. The number of nitrogens with one attached hydrogen (secondary N) is 1. The van der Waals surface area contributed by atoms with E-state index in [4.69, 9.17) is 5.73 Å². The maximum absolute atomic E-state index is 12.0. The summed E-state index contributed by atoms with van der Waals surface area (Å²) in [6.45, 7) is 1.78. The zero-order chi connectivity index (χ0) is 14.0. The number of phenolic OH excluding ortho intramolecular Hbond substituents is 2. The Morgan fingerprint density at radius 3 is 2.58 bits per heavy atom. The maximum atomic E-state index is 12.0. The highest BCUT2D eigenvalue weighted by atomic mass is 16.3. The van der Waals surface area contributed by atoms with Crippen molar-refractivity contribution in [2.45, 2.75) is 6.92 Å². The van der Waals surface area contributed by atoms with Crippen molar-refractivity contribution >= 4 is 17.3 Å². The van der Waals surface area contributed by atoms with Gasteiger partial charge in [-0.05, 0) is 36.8 Å². The van der Waals surface area contributed by atoms with Gasteiger partial charge >= 0.3 is 0 Å². The molecule has 0 saturated carbocycles. The second-order valence-corrected chi connectivity index (χ2v) is 4.15. The Morgan fingerprint density at radius 1 is 1.16 bits per heavy atom. The molecular weight excluding hydrogens is 244 g/mol. The Morgan fingerprint density at radius 2 is 1.84 bits per heavy atom. The summed E-state index contributed by atoms with van der Waals surface area (Å²) in [7, 11) is 0. The Bertz CT molecular complexity index is 639. The quantitative estimate of drug-likeness (QED) is 0.490. The first-order valence-corrected chi connectivity index (χ1v) is 5.68. The smallest absolute Gasteiger partial charge is 0.259 e. The molecule has 0 unspecified atom stereocenters. The fourth-order valence-corrected chi connectivity index (χ4v) is 1.69. The van der Waals surface area contributed by atoms with Crippen LogP contribution in [0.4, 0.5) is 11.4 Å². The third kappa shape index (κ3) is 2.44. The molecule has 2 aromatic carbocycles. The number of anilines is 2. The molecule has 19 heavy (non-hydrogen) atoms. The first-order valence-electron chi connectivity index (χ1n) is 5.68. The lowest BCUT2D eigenvalue weighted by atomic mass is 10.1. The standard InChI is InChI=1S/C14H14N2O3/c1-8-10(15)5-3-6-11(8)16-14(19)9-4-2-7-12(17)13(9)18/h2-7,17-18H,15H2,1H3,(H,16,19). The van der Waals surface area contributed by atoms with Crippen LogP contribution in [0.25, 0.3) is 0 Å². The van der Waals surface area contributed by atoms with Gasteiger partial charge in [0.15, 0.2) is 11.5 Å². The zero-order valence-corrected chi connectivity index (χ0v) is 10.3. The SMILES string of the molecule is Cc1c(N)cccc1NC(=O)c1cccc(O)c1O. The molecule has 0 fully saturated rings. The van der Waals surface area contributed by atoms with Crippen LogP contribution in [-0.4, -0.2) is 16.1 Å². The molecule has 0 bridgehead atoms. The minimum Gasteiger partial charge on any atom is -0.504 e. The van der Waals surface area contributed by atoms with E-state index in [0.717, 1.165) is 5.56 Å². The van der Waals surface area contributed by atoms with Gasteiger partial charge in [-0.15, -0.1) is 0 Å². The summed E-state index contributed by atoms with van der Waals surface area (Å²) < 4.78 is 0.